The van der Waals surface area contributed by atoms with E-state index >= 15 is 0 Å². The minimum Gasteiger partial charge on any atom is -0.459 e. The van der Waals surface area contributed by atoms with Crippen molar-refractivity contribution in [1.82, 2.24) is 10.6 Å². The van der Waals surface area contributed by atoms with E-state index in [1.807, 2.05) is 67.6 Å². The summed E-state index contributed by atoms with van der Waals surface area (Å²) in [5, 5.41) is 15.7. The molecule has 0 saturated heterocycles. The molecule has 8 heteroatoms. The van der Waals surface area contributed by atoms with Gasteiger partial charge in [0.1, 0.15) is 19.3 Å². The van der Waals surface area contributed by atoms with Gasteiger partial charge in [0.15, 0.2) is 6.10 Å². The van der Waals surface area contributed by atoms with Gasteiger partial charge in [0.25, 0.3) is 5.91 Å². The summed E-state index contributed by atoms with van der Waals surface area (Å²) in [5.41, 5.74) is 1.64. The Morgan fingerprint density at radius 2 is 1.41 bits per heavy atom. The Hall–Kier alpha value is -3.39. The van der Waals surface area contributed by atoms with Crippen LogP contribution >= 0.6 is 0 Å². The summed E-state index contributed by atoms with van der Waals surface area (Å²) >= 11 is 0. The van der Waals surface area contributed by atoms with Gasteiger partial charge in [-0.3, -0.25) is 4.79 Å². The summed E-state index contributed by atoms with van der Waals surface area (Å²) in [5.74, 6) is -1.39. The van der Waals surface area contributed by atoms with Crippen molar-refractivity contribution in [3.63, 3.8) is 0 Å². The maximum atomic E-state index is 12.6. The molecular formula is C26H34N2O6. The number of hydrogen-bond acceptors (Lipinski definition) is 6. The number of carbonyl (C=O) groups is 3. The summed E-state index contributed by atoms with van der Waals surface area (Å²) in [7, 11) is 0. The first-order chi connectivity index (χ1) is 16.4. The highest BCUT2D eigenvalue weighted by Gasteiger charge is 2.30. The zero-order valence-corrected chi connectivity index (χ0v) is 19.7. The number of esters is 1. The van der Waals surface area contributed by atoms with Gasteiger partial charge >= 0.3 is 12.1 Å². The molecule has 0 aliphatic carbocycles. The molecule has 0 heterocycles. The fourth-order valence-electron chi connectivity index (χ4n) is 3.23. The molecule has 0 aliphatic heterocycles. The van der Waals surface area contributed by atoms with E-state index in [4.69, 9.17) is 9.47 Å². The Balaban J connectivity index is 1.88. The van der Waals surface area contributed by atoms with Crippen LogP contribution in [-0.2, 0) is 32.3 Å². The van der Waals surface area contributed by atoms with Crippen LogP contribution in [0.15, 0.2) is 60.7 Å². The van der Waals surface area contributed by atoms with E-state index in [1.165, 1.54) is 6.92 Å². The molecule has 2 aromatic rings. The highest BCUT2D eigenvalue weighted by Crippen LogP contribution is 2.10. The van der Waals surface area contributed by atoms with Gasteiger partial charge < -0.3 is 25.2 Å². The van der Waals surface area contributed by atoms with Crippen molar-refractivity contribution in [2.75, 3.05) is 0 Å². The number of aliphatic hydroxyl groups is 1. The first-order valence-corrected chi connectivity index (χ1v) is 11.6. The smallest absolute Gasteiger partial charge is 0.407 e. The van der Waals surface area contributed by atoms with Crippen LogP contribution in [0.4, 0.5) is 4.79 Å². The normalized spacial score (nSPS) is 13.3. The Morgan fingerprint density at radius 1 is 0.853 bits per heavy atom. The standard InChI is InChI=1S/C26H34N2O6/c1-3-4-7-16-22(28-26(32)34-18-21-14-10-6-11-15-21)23(29)24(30)27-19(2)25(31)33-17-20-12-8-5-9-13-20/h5-6,8-15,19,22-23,29H,3-4,7,16-18H2,1-2H3,(H,27,30)(H,28,32)/t19-,22+,23-/m0/s1. The Kier molecular flexibility index (Phi) is 11.6. The lowest BCUT2D eigenvalue weighted by Gasteiger charge is -2.24. The molecule has 2 rings (SSSR count). The Labute approximate surface area is 200 Å². The molecule has 0 radical (unpaired) electrons. The van der Waals surface area contributed by atoms with E-state index in [0.29, 0.717) is 12.8 Å². The quantitative estimate of drug-likeness (QED) is 0.305. The molecule has 0 aliphatic rings. The molecule has 34 heavy (non-hydrogen) atoms. The van der Waals surface area contributed by atoms with Gasteiger partial charge in [-0.05, 0) is 24.5 Å². The zero-order valence-electron chi connectivity index (χ0n) is 19.7. The fraction of sp³-hybridized carbons (Fsp3) is 0.423. The molecule has 0 fully saturated rings. The van der Waals surface area contributed by atoms with Crippen LogP contribution in [-0.4, -0.2) is 41.3 Å². The van der Waals surface area contributed by atoms with Crippen molar-refractivity contribution in [2.24, 2.45) is 0 Å². The van der Waals surface area contributed by atoms with Crippen LogP contribution in [0.2, 0.25) is 0 Å². The second-order valence-electron chi connectivity index (χ2n) is 8.08. The third-order valence-electron chi connectivity index (χ3n) is 5.22. The molecule has 0 spiro atoms. The number of unbranched alkanes of at least 4 members (excludes halogenated alkanes) is 2. The first-order valence-electron chi connectivity index (χ1n) is 11.6. The van der Waals surface area contributed by atoms with Gasteiger partial charge in [-0.2, -0.15) is 0 Å². The van der Waals surface area contributed by atoms with E-state index in [9.17, 15) is 19.5 Å². The first kappa shape index (κ1) is 26.9. The van der Waals surface area contributed by atoms with Gasteiger partial charge in [-0.15, -0.1) is 0 Å². The molecule has 0 unspecified atom stereocenters. The zero-order chi connectivity index (χ0) is 24.8. The number of alkyl carbamates (subject to hydrolysis) is 1. The van der Waals surface area contributed by atoms with Crippen LogP contribution in [0, 0.1) is 0 Å². The molecule has 2 aromatic carbocycles. The number of rotatable bonds is 13. The number of carbonyl (C=O) groups excluding carboxylic acids is 3. The van der Waals surface area contributed by atoms with Gasteiger partial charge in [0, 0.05) is 0 Å². The predicted molar refractivity (Wildman–Crippen MR) is 128 cm³/mol. The lowest BCUT2D eigenvalue weighted by atomic mass is 10.0. The number of nitrogens with one attached hydrogen (secondary N) is 2. The summed E-state index contributed by atoms with van der Waals surface area (Å²) in [6.45, 7) is 3.66. The third-order valence-corrected chi connectivity index (χ3v) is 5.22. The number of amides is 2. The third kappa shape index (κ3) is 9.62. The van der Waals surface area contributed by atoms with E-state index in [0.717, 1.165) is 24.0 Å². The molecular weight excluding hydrogens is 436 g/mol. The minimum atomic E-state index is -1.55. The number of hydrogen-bond donors (Lipinski definition) is 3. The number of ether oxygens (including phenoxy) is 2. The summed E-state index contributed by atoms with van der Waals surface area (Å²) < 4.78 is 10.4. The summed E-state index contributed by atoms with van der Waals surface area (Å²) in [6.07, 6.45) is 0.637. The van der Waals surface area contributed by atoms with Gasteiger partial charge in [-0.1, -0.05) is 86.8 Å². The maximum Gasteiger partial charge on any atom is 0.407 e. The van der Waals surface area contributed by atoms with E-state index in [1.54, 1.807) is 0 Å². The maximum absolute atomic E-state index is 12.6. The molecule has 0 bridgehead atoms. The average Bonchev–Trinajstić information content (AvgIpc) is 2.86. The van der Waals surface area contributed by atoms with E-state index in [-0.39, 0.29) is 13.2 Å². The molecule has 2 amide bonds. The molecule has 3 atom stereocenters. The largest absolute Gasteiger partial charge is 0.459 e. The Bertz CT molecular complexity index is 891. The van der Waals surface area contributed by atoms with Gasteiger partial charge in [0.05, 0.1) is 6.04 Å². The van der Waals surface area contributed by atoms with Gasteiger partial charge in [-0.25, -0.2) is 9.59 Å². The summed E-state index contributed by atoms with van der Waals surface area (Å²) in [4.78, 5) is 37.1. The lowest BCUT2D eigenvalue weighted by Crippen LogP contribution is -2.53. The van der Waals surface area contributed by atoms with Crippen LogP contribution < -0.4 is 10.6 Å². The van der Waals surface area contributed by atoms with Crippen molar-refractivity contribution in [3.8, 4) is 0 Å². The van der Waals surface area contributed by atoms with Crippen molar-refractivity contribution >= 4 is 18.0 Å². The second-order valence-corrected chi connectivity index (χ2v) is 8.08. The molecule has 3 N–H and O–H groups in total. The lowest BCUT2D eigenvalue weighted by molar-refractivity contribution is -0.149. The van der Waals surface area contributed by atoms with Crippen molar-refractivity contribution in [3.05, 3.63) is 71.8 Å². The molecule has 184 valence electrons. The average molecular weight is 471 g/mol. The van der Waals surface area contributed by atoms with Crippen LogP contribution in [0.5, 0.6) is 0 Å². The van der Waals surface area contributed by atoms with Crippen molar-refractivity contribution in [1.29, 1.82) is 0 Å². The monoisotopic (exact) mass is 470 g/mol. The van der Waals surface area contributed by atoms with E-state index < -0.39 is 36.2 Å². The van der Waals surface area contributed by atoms with Crippen LogP contribution in [0.1, 0.15) is 50.7 Å². The topological polar surface area (TPSA) is 114 Å². The Morgan fingerprint density at radius 3 is 1.97 bits per heavy atom. The number of aliphatic hydroxyl groups excluding tert-OH is 1. The van der Waals surface area contributed by atoms with Gasteiger partial charge in [0.2, 0.25) is 0 Å². The predicted octanol–water partition coefficient (Wildman–Crippen LogP) is 3.47. The van der Waals surface area contributed by atoms with Crippen molar-refractivity contribution in [2.45, 2.75) is 70.9 Å². The van der Waals surface area contributed by atoms with Crippen LogP contribution in [0.25, 0.3) is 0 Å². The molecule has 8 nitrogen and oxygen atoms in total. The SMILES string of the molecule is CCCCC[C@@H](NC(=O)OCc1ccccc1)[C@H](O)C(=O)N[C@@H](C)C(=O)OCc1ccccc1. The van der Waals surface area contributed by atoms with E-state index in [2.05, 4.69) is 10.6 Å². The second kappa shape index (κ2) is 14.7. The van der Waals surface area contributed by atoms with Crippen molar-refractivity contribution < 1.29 is 29.0 Å². The minimum absolute atomic E-state index is 0.0704. The molecule has 0 aromatic heterocycles. The number of benzene rings is 2. The summed E-state index contributed by atoms with van der Waals surface area (Å²) in [6, 6.07) is 16.5. The van der Waals surface area contributed by atoms with Crippen LogP contribution in [0.3, 0.4) is 0 Å². The molecule has 0 saturated carbocycles. The highest BCUT2D eigenvalue weighted by molar-refractivity contribution is 5.87. The fourth-order valence-corrected chi connectivity index (χ4v) is 3.23. The highest BCUT2D eigenvalue weighted by atomic mass is 16.5.